The number of ether oxygens (including phenoxy) is 1. The maximum atomic E-state index is 13.2. The number of likely N-dealkylation sites (tertiary alicyclic amines) is 1. The van der Waals surface area contributed by atoms with Gasteiger partial charge in [0.1, 0.15) is 9.88 Å². The minimum atomic E-state index is -2.76. The molecule has 1 aliphatic carbocycles. The summed E-state index contributed by atoms with van der Waals surface area (Å²) in [6.45, 7) is -1.36. The van der Waals surface area contributed by atoms with Crippen LogP contribution in [0.2, 0.25) is 0 Å². The number of aliphatic hydroxyl groups is 1. The Morgan fingerprint density at radius 1 is 1.17 bits per heavy atom. The van der Waals surface area contributed by atoms with E-state index in [0.29, 0.717) is 45.9 Å². The first-order valence-electron chi connectivity index (χ1n) is 14.9. The molecular formula is C28H33N7O5S. The van der Waals surface area contributed by atoms with Gasteiger partial charge in [-0.3, -0.25) is 14.4 Å². The van der Waals surface area contributed by atoms with Crippen LogP contribution in [0.4, 0.5) is 17.2 Å². The van der Waals surface area contributed by atoms with E-state index >= 15 is 0 Å². The molecule has 13 heteroatoms. The summed E-state index contributed by atoms with van der Waals surface area (Å²) in [5.74, 6) is -0.537. The van der Waals surface area contributed by atoms with Crippen molar-refractivity contribution in [2.75, 3.05) is 44.4 Å². The van der Waals surface area contributed by atoms with E-state index in [2.05, 4.69) is 25.8 Å². The normalized spacial score (nSPS) is 16.7. The minimum Gasteiger partial charge on any atom is -0.494 e. The van der Waals surface area contributed by atoms with Gasteiger partial charge in [-0.05, 0) is 50.2 Å². The van der Waals surface area contributed by atoms with E-state index in [1.807, 2.05) is 10.2 Å². The van der Waals surface area contributed by atoms with Gasteiger partial charge in [-0.1, -0.05) is 6.07 Å². The third-order valence-electron chi connectivity index (χ3n) is 7.20. The van der Waals surface area contributed by atoms with Crippen molar-refractivity contribution < 1.29 is 28.3 Å². The second kappa shape index (κ2) is 12.6. The summed E-state index contributed by atoms with van der Waals surface area (Å²) in [7, 11) is 1.47. The lowest BCUT2D eigenvalue weighted by Gasteiger charge is -2.31. The average Bonchev–Trinajstić information content (AvgIpc) is 3.73. The third kappa shape index (κ3) is 6.46. The SMILES string of the molecule is [2H]C([2H])([2H])NC(=O)c1nnc(NC(=O)C2CC2)cc1Nc1cccc(-c2ncc(C(=O)N3CCC(CCO)CC3)s2)c1OC. The molecule has 2 aliphatic rings. The monoisotopic (exact) mass is 582 g/mol. The molecule has 2 aromatic heterocycles. The van der Waals surface area contributed by atoms with Crippen LogP contribution in [0, 0.1) is 11.8 Å². The van der Waals surface area contributed by atoms with Gasteiger partial charge in [0.05, 0.1) is 30.2 Å². The summed E-state index contributed by atoms with van der Waals surface area (Å²) in [6, 6.07) is 6.61. The number of rotatable bonds is 10. The smallest absolute Gasteiger partial charge is 0.273 e. The zero-order chi connectivity index (χ0) is 31.4. The molecule has 3 heterocycles. The Morgan fingerprint density at radius 2 is 1.98 bits per heavy atom. The van der Waals surface area contributed by atoms with Crippen LogP contribution in [-0.2, 0) is 4.79 Å². The van der Waals surface area contributed by atoms with Crippen molar-refractivity contribution in [1.29, 1.82) is 0 Å². The number of piperidine rings is 1. The zero-order valence-electron chi connectivity index (χ0n) is 25.5. The fourth-order valence-corrected chi connectivity index (χ4v) is 5.68. The molecule has 41 heavy (non-hydrogen) atoms. The Balaban J connectivity index is 1.41. The molecule has 3 aromatic rings. The number of methoxy groups -OCH3 is 1. The van der Waals surface area contributed by atoms with Gasteiger partial charge in [0.25, 0.3) is 11.8 Å². The first kappa shape index (κ1) is 24.7. The second-order valence-electron chi connectivity index (χ2n) is 10.00. The summed E-state index contributed by atoms with van der Waals surface area (Å²) >= 11 is 1.23. The summed E-state index contributed by atoms with van der Waals surface area (Å²) in [6.07, 6.45) is 5.54. The molecule has 0 spiro atoms. The van der Waals surface area contributed by atoms with Gasteiger partial charge in [-0.15, -0.1) is 21.5 Å². The molecule has 4 N–H and O–H groups in total. The van der Waals surface area contributed by atoms with E-state index < -0.39 is 12.9 Å². The van der Waals surface area contributed by atoms with Crippen molar-refractivity contribution in [2.45, 2.75) is 32.1 Å². The number of carbonyl (C=O) groups is 3. The first-order chi connectivity index (χ1) is 21.1. The van der Waals surface area contributed by atoms with Crippen molar-refractivity contribution in [1.82, 2.24) is 25.4 Å². The van der Waals surface area contributed by atoms with Crippen LogP contribution in [0.1, 0.15) is 56.4 Å². The van der Waals surface area contributed by atoms with Crippen molar-refractivity contribution in [3.8, 4) is 16.3 Å². The lowest BCUT2D eigenvalue weighted by molar-refractivity contribution is -0.117. The Kier molecular flexibility index (Phi) is 7.59. The van der Waals surface area contributed by atoms with Crippen LogP contribution >= 0.6 is 11.3 Å². The molecule has 2 fully saturated rings. The van der Waals surface area contributed by atoms with Gasteiger partial charge in [0, 0.05) is 42.8 Å². The number of para-hydroxylation sites is 1. The molecule has 1 saturated carbocycles. The van der Waals surface area contributed by atoms with Gasteiger partial charge in [0.15, 0.2) is 17.3 Å². The number of thiazole rings is 1. The van der Waals surface area contributed by atoms with Crippen LogP contribution < -0.4 is 20.7 Å². The maximum absolute atomic E-state index is 13.2. The number of hydrogen-bond acceptors (Lipinski definition) is 10. The van der Waals surface area contributed by atoms with Gasteiger partial charge in [-0.2, -0.15) is 0 Å². The van der Waals surface area contributed by atoms with E-state index in [1.54, 1.807) is 24.4 Å². The van der Waals surface area contributed by atoms with Gasteiger partial charge < -0.3 is 30.7 Å². The van der Waals surface area contributed by atoms with Gasteiger partial charge >= 0.3 is 0 Å². The number of carbonyl (C=O) groups excluding carboxylic acids is 3. The van der Waals surface area contributed by atoms with Crippen LogP contribution in [0.25, 0.3) is 10.6 Å². The van der Waals surface area contributed by atoms with Crippen LogP contribution in [-0.4, -0.2) is 76.7 Å². The molecule has 1 aromatic carbocycles. The Morgan fingerprint density at radius 3 is 2.68 bits per heavy atom. The number of anilines is 3. The fraction of sp³-hybridized carbons (Fsp3) is 0.429. The number of nitrogens with zero attached hydrogens (tertiary/aromatic N) is 4. The third-order valence-corrected chi connectivity index (χ3v) is 8.22. The molecule has 0 unspecified atom stereocenters. The molecule has 0 radical (unpaired) electrons. The highest BCUT2D eigenvalue weighted by atomic mass is 32.1. The molecule has 0 bridgehead atoms. The number of aromatic nitrogens is 3. The molecule has 0 atom stereocenters. The Labute approximate surface area is 245 Å². The highest BCUT2D eigenvalue weighted by Gasteiger charge is 2.30. The summed E-state index contributed by atoms with van der Waals surface area (Å²) in [5, 5.41) is 25.2. The lowest BCUT2D eigenvalue weighted by atomic mass is 9.94. The van der Waals surface area contributed by atoms with E-state index in [-0.39, 0.29) is 41.5 Å². The lowest BCUT2D eigenvalue weighted by Crippen LogP contribution is -2.38. The Bertz CT molecular complexity index is 1540. The highest BCUT2D eigenvalue weighted by molar-refractivity contribution is 7.17. The standard InChI is InChI=1S/C28H33N7O5S/c1-29-26(38)23-20(14-22(33-34-23)32-25(37)17-6-7-17)31-19-5-3-4-18(24(19)40-2)27-30-15-21(41-27)28(39)35-11-8-16(9-12-35)10-13-36/h3-5,14-17,36H,6-13H2,1-2H3,(H,29,38)(H2,31,32,33,37)/i1D3. The number of amides is 3. The molecule has 216 valence electrons. The quantitative estimate of drug-likeness (QED) is 0.281. The van der Waals surface area contributed by atoms with Gasteiger partial charge in [0.2, 0.25) is 5.91 Å². The number of hydrogen-bond donors (Lipinski definition) is 4. The van der Waals surface area contributed by atoms with Crippen LogP contribution in [0.3, 0.4) is 0 Å². The number of benzene rings is 1. The zero-order valence-corrected chi connectivity index (χ0v) is 23.3. The predicted octanol–water partition coefficient (Wildman–Crippen LogP) is 3.30. The first-order valence-corrected chi connectivity index (χ1v) is 14.2. The Hall–Kier alpha value is -4.10. The second-order valence-corrected chi connectivity index (χ2v) is 11.0. The molecule has 3 amide bonds. The van der Waals surface area contributed by atoms with Crippen LogP contribution in [0.15, 0.2) is 30.5 Å². The summed E-state index contributed by atoms with van der Waals surface area (Å²) in [5.41, 5.74) is 0.765. The summed E-state index contributed by atoms with van der Waals surface area (Å²) < 4.78 is 28.0. The molecule has 5 rings (SSSR count). The topological polar surface area (TPSA) is 159 Å². The van der Waals surface area contributed by atoms with E-state index in [4.69, 9.17) is 8.85 Å². The van der Waals surface area contributed by atoms with Gasteiger partial charge in [-0.25, -0.2) is 4.98 Å². The number of aliphatic hydroxyl groups excluding tert-OH is 1. The predicted molar refractivity (Wildman–Crippen MR) is 154 cm³/mol. The minimum absolute atomic E-state index is 0.0860. The van der Waals surface area contributed by atoms with Crippen LogP contribution in [0.5, 0.6) is 5.75 Å². The van der Waals surface area contributed by atoms with E-state index in [0.717, 1.165) is 32.1 Å². The summed E-state index contributed by atoms with van der Waals surface area (Å²) in [4.78, 5) is 45.1. The van der Waals surface area contributed by atoms with E-state index in [9.17, 15) is 19.5 Å². The van der Waals surface area contributed by atoms with E-state index in [1.165, 1.54) is 24.5 Å². The van der Waals surface area contributed by atoms with Crippen molar-refractivity contribution >= 4 is 46.3 Å². The molecule has 1 saturated heterocycles. The van der Waals surface area contributed by atoms with Crippen molar-refractivity contribution in [2.24, 2.45) is 11.8 Å². The van der Waals surface area contributed by atoms with Crippen molar-refractivity contribution in [3.05, 3.63) is 41.0 Å². The largest absolute Gasteiger partial charge is 0.494 e. The maximum Gasteiger partial charge on any atom is 0.273 e. The molecule has 1 aliphatic heterocycles. The molecular weight excluding hydrogens is 546 g/mol. The fourth-order valence-electron chi connectivity index (χ4n) is 4.78. The highest BCUT2D eigenvalue weighted by Crippen LogP contribution is 2.40. The molecule has 12 nitrogen and oxygen atoms in total. The average molecular weight is 583 g/mol. The number of nitrogens with one attached hydrogen (secondary N) is 3. The van der Waals surface area contributed by atoms with Crippen molar-refractivity contribution in [3.63, 3.8) is 0 Å².